The average molecular weight is 209 g/mol. The summed E-state index contributed by atoms with van der Waals surface area (Å²) < 4.78 is 0. The number of fused-ring (bicyclic) bond motifs is 1. The summed E-state index contributed by atoms with van der Waals surface area (Å²) in [5, 5.41) is 0.625. The Morgan fingerprint density at radius 3 is 3.14 bits per heavy atom. The minimum Gasteiger partial charge on any atom is -0.241 e. The highest BCUT2D eigenvalue weighted by atomic mass is 35.5. The van der Waals surface area contributed by atoms with Gasteiger partial charge in [0.05, 0.1) is 0 Å². The fourth-order valence-corrected chi connectivity index (χ4v) is 2.19. The summed E-state index contributed by atoms with van der Waals surface area (Å²) in [6.45, 7) is 3.84. The molecule has 1 heterocycles. The van der Waals surface area contributed by atoms with Crippen LogP contribution in [0.1, 0.15) is 24.1 Å². The average Bonchev–Trinajstić information content (AvgIpc) is 2.40. The van der Waals surface area contributed by atoms with Crippen molar-refractivity contribution in [2.24, 2.45) is 5.92 Å². The molecule has 0 aromatic carbocycles. The van der Waals surface area contributed by atoms with Crippen molar-refractivity contribution in [2.45, 2.75) is 25.7 Å². The monoisotopic (exact) mass is 208 g/mol. The van der Waals surface area contributed by atoms with Crippen molar-refractivity contribution >= 4 is 11.6 Å². The van der Waals surface area contributed by atoms with Crippen molar-refractivity contribution < 1.29 is 0 Å². The van der Waals surface area contributed by atoms with E-state index in [4.69, 9.17) is 11.6 Å². The van der Waals surface area contributed by atoms with Gasteiger partial charge in [0, 0.05) is 11.3 Å². The Labute approximate surface area is 89.0 Å². The lowest BCUT2D eigenvalue weighted by atomic mass is 10.0. The van der Waals surface area contributed by atoms with Crippen molar-refractivity contribution in [3.63, 3.8) is 0 Å². The molecule has 0 radical (unpaired) electrons. The van der Waals surface area contributed by atoms with Gasteiger partial charge in [0.1, 0.15) is 11.5 Å². The van der Waals surface area contributed by atoms with Crippen LogP contribution in [0, 0.1) is 5.92 Å². The van der Waals surface area contributed by atoms with Crippen molar-refractivity contribution in [3.05, 3.63) is 35.4 Å². The molecule has 0 saturated carbocycles. The van der Waals surface area contributed by atoms with Gasteiger partial charge in [-0.15, -0.1) is 6.58 Å². The minimum atomic E-state index is 0.544. The first-order valence-corrected chi connectivity index (χ1v) is 5.30. The first-order valence-electron chi connectivity index (χ1n) is 4.92. The molecule has 2 rings (SSSR count). The SMILES string of the molecule is C=CC1CCCc2c(Cl)ncnc2C1. The number of hydrogen-bond donors (Lipinski definition) is 0. The van der Waals surface area contributed by atoms with E-state index in [2.05, 4.69) is 16.5 Å². The maximum atomic E-state index is 6.03. The zero-order valence-corrected chi connectivity index (χ0v) is 8.80. The Hall–Kier alpha value is -0.890. The second-order valence-corrected chi connectivity index (χ2v) is 4.04. The third-order valence-corrected chi connectivity index (χ3v) is 3.10. The van der Waals surface area contributed by atoms with Gasteiger partial charge in [-0.3, -0.25) is 0 Å². The molecule has 0 fully saturated rings. The summed E-state index contributed by atoms with van der Waals surface area (Å²) in [4.78, 5) is 8.31. The fourth-order valence-electron chi connectivity index (χ4n) is 1.94. The molecule has 2 nitrogen and oxygen atoms in total. The third kappa shape index (κ3) is 1.80. The summed E-state index contributed by atoms with van der Waals surface area (Å²) in [5.41, 5.74) is 2.24. The van der Waals surface area contributed by atoms with Crippen LogP contribution in [0.25, 0.3) is 0 Å². The van der Waals surface area contributed by atoms with Gasteiger partial charge >= 0.3 is 0 Å². The quantitative estimate of drug-likeness (QED) is 0.403. The number of aromatic nitrogens is 2. The van der Waals surface area contributed by atoms with Gasteiger partial charge in [-0.2, -0.15) is 0 Å². The number of allylic oxidation sites excluding steroid dienone is 1. The molecule has 1 unspecified atom stereocenters. The van der Waals surface area contributed by atoms with Gasteiger partial charge in [-0.25, -0.2) is 9.97 Å². The summed E-state index contributed by atoms with van der Waals surface area (Å²) in [6.07, 6.45) is 7.85. The zero-order chi connectivity index (χ0) is 9.97. The zero-order valence-electron chi connectivity index (χ0n) is 8.04. The van der Waals surface area contributed by atoms with Crippen LogP contribution in [0.3, 0.4) is 0 Å². The molecule has 1 atom stereocenters. The Morgan fingerprint density at radius 1 is 1.50 bits per heavy atom. The van der Waals surface area contributed by atoms with Crippen LogP contribution >= 0.6 is 11.6 Å². The van der Waals surface area contributed by atoms with Crippen LogP contribution in [-0.4, -0.2) is 9.97 Å². The molecule has 3 heteroatoms. The van der Waals surface area contributed by atoms with Crippen LogP contribution in [0.2, 0.25) is 5.15 Å². The molecule has 0 saturated heterocycles. The summed E-state index contributed by atoms with van der Waals surface area (Å²) in [6, 6.07) is 0. The van der Waals surface area contributed by atoms with Gasteiger partial charge in [-0.05, 0) is 31.6 Å². The Kier molecular flexibility index (Phi) is 2.82. The molecule has 1 aliphatic rings. The molecule has 0 spiro atoms. The van der Waals surface area contributed by atoms with E-state index >= 15 is 0 Å². The van der Waals surface area contributed by atoms with Gasteiger partial charge < -0.3 is 0 Å². The van der Waals surface area contributed by atoms with E-state index in [1.165, 1.54) is 6.42 Å². The van der Waals surface area contributed by atoms with Crippen LogP contribution in [0.5, 0.6) is 0 Å². The number of rotatable bonds is 1. The van der Waals surface area contributed by atoms with Crippen LogP contribution in [0.15, 0.2) is 19.0 Å². The van der Waals surface area contributed by atoms with E-state index in [-0.39, 0.29) is 0 Å². The normalized spacial score (nSPS) is 21.1. The first kappa shape index (κ1) is 9.66. The maximum absolute atomic E-state index is 6.03. The van der Waals surface area contributed by atoms with Gasteiger partial charge in [0.25, 0.3) is 0 Å². The van der Waals surface area contributed by atoms with Crippen molar-refractivity contribution in [1.82, 2.24) is 9.97 Å². The van der Waals surface area contributed by atoms with E-state index in [0.29, 0.717) is 11.1 Å². The first-order chi connectivity index (χ1) is 6.81. The lowest BCUT2D eigenvalue weighted by Gasteiger charge is -2.08. The van der Waals surface area contributed by atoms with Gasteiger partial charge in [-0.1, -0.05) is 17.7 Å². The summed E-state index contributed by atoms with van der Waals surface area (Å²) >= 11 is 6.03. The second-order valence-electron chi connectivity index (χ2n) is 3.68. The lowest BCUT2D eigenvalue weighted by molar-refractivity contribution is 0.578. The van der Waals surface area contributed by atoms with Crippen molar-refractivity contribution in [2.75, 3.05) is 0 Å². The predicted octanol–water partition coefficient (Wildman–Crippen LogP) is 2.81. The highest BCUT2D eigenvalue weighted by molar-refractivity contribution is 6.30. The molecule has 74 valence electrons. The standard InChI is InChI=1S/C11H13ClN2/c1-2-8-4-3-5-9-10(6-8)13-7-14-11(9)12/h2,7-8H,1,3-6H2. The van der Waals surface area contributed by atoms with E-state index in [1.807, 2.05) is 6.08 Å². The minimum absolute atomic E-state index is 0.544. The van der Waals surface area contributed by atoms with Crippen LogP contribution in [-0.2, 0) is 12.8 Å². The largest absolute Gasteiger partial charge is 0.241 e. The Bertz CT molecular complexity index is 349. The van der Waals surface area contributed by atoms with Gasteiger partial charge in [0.2, 0.25) is 0 Å². The molecular weight excluding hydrogens is 196 g/mol. The number of halogens is 1. The van der Waals surface area contributed by atoms with Crippen LogP contribution in [0.4, 0.5) is 0 Å². The molecule has 1 aromatic rings. The lowest BCUT2D eigenvalue weighted by Crippen LogP contribution is -2.02. The highest BCUT2D eigenvalue weighted by Crippen LogP contribution is 2.26. The predicted molar refractivity (Wildman–Crippen MR) is 57.4 cm³/mol. The topological polar surface area (TPSA) is 25.8 Å². The molecule has 0 N–H and O–H groups in total. The molecule has 0 aliphatic heterocycles. The van der Waals surface area contributed by atoms with E-state index < -0.39 is 0 Å². The molecule has 14 heavy (non-hydrogen) atoms. The Morgan fingerprint density at radius 2 is 2.36 bits per heavy atom. The van der Waals surface area contributed by atoms with E-state index in [1.54, 1.807) is 6.33 Å². The van der Waals surface area contributed by atoms with E-state index in [9.17, 15) is 0 Å². The number of hydrogen-bond acceptors (Lipinski definition) is 2. The second kappa shape index (κ2) is 4.09. The van der Waals surface area contributed by atoms with Crippen molar-refractivity contribution in [1.29, 1.82) is 0 Å². The third-order valence-electron chi connectivity index (χ3n) is 2.77. The maximum Gasteiger partial charge on any atom is 0.135 e. The number of nitrogens with zero attached hydrogens (tertiary/aromatic N) is 2. The molecule has 1 aliphatic carbocycles. The fraction of sp³-hybridized carbons (Fsp3) is 0.455. The molecule has 1 aromatic heterocycles. The molecule has 0 amide bonds. The van der Waals surface area contributed by atoms with E-state index in [0.717, 1.165) is 30.5 Å². The van der Waals surface area contributed by atoms with Crippen molar-refractivity contribution in [3.8, 4) is 0 Å². The smallest absolute Gasteiger partial charge is 0.135 e. The summed E-state index contributed by atoms with van der Waals surface area (Å²) in [5.74, 6) is 0.544. The van der Waals surface area contributed by atoms with Crippen LogP contribution < -0.4 is 0 Å². The molecule has 0 bridgehead atoms. The molecular formula is C11H13ClN2. The highest BCUT2D eigenvalue weighted by Gasteiger charge is 2.17. The van der Waals surface area contributed by atoms with Gasteiger partial charge in [0.15, 0.2) is 0 Å². The summed E-state index contributed by atoms with van der Waals surface area (Å²) in [7, 11) is 0. The Balaban J connectivity index is 2.36.